The second-order valence-corrected chi connectivity index (χ2v) is 9.12. The molecule has 1 N–H and O–H groups in total. The van der Waals surface area contributed by atoms with Crippen molar-refractivity contribution in [1.29, 1.82) is 0 Å². The number of amides is 1. The van der Waals surface area contributed by atoms with Crippen molar-refractivity contribution in [3.63, 3.8) is 0 Å². The van der Waals surface area contributed by atoms with Crippen molar-refractivity contribution in [3.05, 3.63) is 35.9 Å². The molecule has 0 unspecified atom stereocenters. The first-order valence-corrected chi connectivity index (χ1v) is 11.4. The molecular formula is C24H39N3O. The molecule has 1 aromatic rings. The van der Waals surface area contributed by atoms with E-state index in [1.807, 2.05) is 0 Å². The van der Waals surface area contributed by atoms with Crippen LogP contribution < -0.4 is 5.32 Å². The molecule has 4 nitrogen and oxygen atoms in total. The molecule has 2 saturated heterocycles. The maximum absolute atomic E-state index is 12.5. The molecule has 28 heavy (non-hydrogen) atoms. The molecule has 2 fully saturated rings. The summed E-state index contributed by atoms with van der Waals surface area (Å²) in [4.78, 5) is 17.8. The first-order chi connectivity index (χ1) is 13.6. The molecule has 2 aliphatic heterocycles. The van der Waals surface area contributed by atoms with E-state index in [0.717, 1.165) is 45.3 Å². The van der Waals surface area contributed by atoms with E-state index in [4.69, 9.17) is 0 Å². The fraction of sp³-hybridized carbons (Fsp3) is 0.708. The summed E-state index contributed by atoms with van der Waals surface area (Å²) >= 11 is 0. The van der Waals surface area contributed by atoms with Gasteiger partial charge >= 0.3 is 0 Å². The van der Waals surface area contributed by atoms with Crippen LogP contribution in [0.5, 0.6) is 0 Å². The van der Waals surface area contributed by atoms with Gasteiger partial charge in [0.2, 0.25) is 5.91 Å². The van der Waals surface area contributed by atoms with Crippen LogP contribution in [0.25, 0.3) is 0 Å². The van der Waals surface area contributed by atoms with Gasteiger partial charge < -0.3 is 10.2 Å². The Labute approximate surface area is 171 Å². The van der Waals surface area contributed by atoms with E-state index in [-0.39, 0.29) is 11.8 Å². The highest BCUT2D eigenvalue weighted by atomic mass is 16.1. The Bertz CT molecular complexity index is 581. The summed E-state index contributed by atoms with van der Waals surface area (Å²) in [5, 5.41) is 3.17. The minimum Gasteiger partial charge on any atom is -0.356 e. The van der Waals surface area contributed by atoms with Crippen molar-refractivity contribution in [1.82, 2.24) is 15.1 Å². The maximum Gasteiger partial charge on any atom is 0.224 e. The Morgan fingerprint density at radius 1 is 1.11 bits per heavy atom. The van der Waals surface area contributed by atoms with Gasteiger partial charge in [0, 0.05) is 25.7 Å². The SMILES string of the molecule is CC(C)CCNC(=O)[C@@H]1CCCN(C2CCN(CCc3ccccc3)CC2)C1. The Hall–Kier alpha value is -1.39. The van der Waals surface area contributed by atoms with Gasteiger partial charge in [-0.15, -0.1) is 0 Å². The normalized spacial score (nSPS) is 22.5. The molecule has 1 aromatic carbocycles. The van der Waals surface area contributed by atoms with Crippen LogP contribution in [0.4, 0.5) is 0 Å². The average Bonchev–Trinajstić information content (AvgIpc) is 2.73. The van der Waals surface area contributed by atoms with Crippen LogP contribution in [-0.4, -0.2) is 61.0 Å². The highest BCUT2D eigenvalue weighted by Crippen LogP contribution is 2.24. The number of piperidine rings is 2. The molecule has 0 radical (unpaired) electrons. The Kier molecular flexibility index (Phi) is 8.35. The predicted molar refractivity (Wildman–Crippen MR) is 116 cm³/mol. The first kappa shape index (κ1) is 21.3. The van der Waals surface area contributed by atoms with E-state index >= 15 is 0 Å². The second-order valence-electron chi connectivity index (χ2n) is 9.12. The fourth-order valence-electron chi connectivity index (χ4n) is 4.62. The fourth-order valence-corrected chi connectivity index (χ4v) is 4.62. The summed E-state index contributed by atoms with van der Waals surface area (Å²) in [5.74, 6) is 1.12. The second kappa shape index (κ2) is 11.0. The van der Waals surface area contributed by atoms with Crippen molar-refractivity contribution in [3.8, 4) is 0 Å². The summed E-state index contributed by atoms with van der Waals surface area (Å²) in [6.07, 6.45) is 6.93. The van der Waals surface area contributed by atoms with Gasteiger partial charge in [0.05, 0.1) is 5.92 Å². The summed E-state index contributed by atoms with van der Waals surface area (Å²) in [6, 6.07) is 11.5. The average molecular weight is 386 g/mol. The number of nitrogens with zero attached hydrogens (tertiary/aromatic N) is 2. The van der Waals surface area contributed by atoms with Crippen molar-refractivity contribution < 1.29 is 4.79 Å². The summed E-state index contributed by atoms with van der Waals surface area (Å²) < 4.78 is 0. The first-order valence-electron chi connectivity index (χ1n) is 11.4. The van der Waals surface area contributed by atoms with Gasteiger partial charge in [0.25, 0.3) is 0 Å². The lowest BCUT2D eigenvalue weighted by Crippen LogP contribution is -2.51. The zero-order valence-electron chi connectivity index (χ0n) is 17.9. The van der Waals surface area contributed by atoms with Crippen molar-refractivity contribution >= 4 is 5.91 Å². The number of carbonyl (C=O) groups excluding carboxylic acids is 1. The third kappa shape index (κ3) is 6.59. The number of hydrogen-bond donors (Lipinski definition) is 1. The van der Waals surface area contributed by atoms with Crippen LogP contribution >= 0.6 is 0 Å². The van der Waals surface area contributed by atoms with Gasteiger partial charge in [0.15, 0.2) is 0 Å². The summed E-state index contributed by atoms with van der Waals surface area (Å²) in [5.41, 5.74) is 1.44. The van der Waals surface area contributed by atoms with Crippen LogP contribution in [0.3, 0.4) is 0 Å². The molecular weight excluding hydrogens is 346 g/mol. The Morgan fingerprint density at radius 2 is 1.86 bits per heavy atom. The number of hydrogen-bond acceptors (Lipinski definition) is 3. The van der Waals surface area contributed by atoms with Gasteiger partial charge in [-0.25, -0.2) is 0 Å². The zero-order chi connectivity index (χ0) is 19.8. The molecule has 0 saturated carbocycles. The van der Waals surface area contributed by atoms with Crippen molar-refractivity contribution in [2.45, 2.75) is 58.4 Å². The standard InChI is InChI=1S/C24H39N3O/c1-20(2)10-14-25-24(28)22-9-6-15-27(19-22)23-12-17-26(18-13-23)16-11-21-7-4-3-5-8-21/h3-5,7-8,20,22-23H,6,9-19H2,1-2H3,(H,25,28)/t22-/m1/s1. The molecule has 4 heteroatoms. The van der Waals surface area contributed by atoms with E-state index in [1.54, 1.807) is 0 Å². The van der Waals surface area contributed by atoms with Crippen LogP contribution in [0.1, 0.15) is 51.5 Å². The van der Waals surface area contributed by atoms with Gasteiger partial charge in [-0.05, 0) is 69.6 Å². The Balaban J connectivity index is 1.38. The quantitative estimate of drug-likeness (QED) is 0.743. The third-order valence-electron chi connectivity index (χ3n) is 6.48. The monoisotopic (exact) mass is 385 g/mol. The van der Waals surface area contributed by atoms with E-state index < -0.39 is 0 Å². The highest BCUT2D eigenvalue weighted by molar-refractivity contribution is 5.78. The third-order valence-corrected chi connectivity index (χ3v) is 6.48. The van der Waals surface area contributed by atoms with E-state index in [1.165, 1.54) is 38.0 Å². The van der Waals surface area contributed by atoms with Gasteiger partial charge in [0.1, 0.15) is 0 Å². The van der Waals surface area contributed by atoms with E-state index in [9.17, 15) is 4.79 Å². The zero-order valence-corrected chi connectivity index (χ0v) is 17.9. The van der Waals surface area contributed by atoms with Crippen LogP contribution in [0, 0.1) is 11.8 Å². The molecule has 0 aliphatic carbocycles. The molecule has 0 aromatic heterocycles. The number of benzene rings is 1. The van der Waals surface area contributed by atoms with Crippen LogP contribution in [0.15, 0.2) is 30.3 Å². The Morgan fingerprint density at radius 3 is 2.57 bits per heavy atom. The largest absolute Gasteiger partial charge is 0.356 e. The lowest BCUT2D eigenvalue weighted by Gasteiger charge is -2.42. The molecule has 3 rings (SSSR count). The number of carbonyl (C=O) groups is 1. The molecule has 1 amide bonds. The van der Waals surface area contributed by atoms with E-state index in [2.05, 4.69) is 59.3 Å². The molecule has 2 heterocycles. The molecule has 0 bridgehead atoms. The molecule has 0 spiro atoms. The number of nitrogens with one attached hydrogen (secondary N) is 1. The highest BCUT2D eigenvalue weighted by Gasteiger charge is 2.31. The maximum atomic E-state index is 12.5. The van der Waals surface area contributed by atoms with E-state index in [0.29, 0.717) is 12.0 Å². The molecule has 1 atom stereocenters. The molecule has 156 valence electrons. The smallest absolute Gasteiger partial charge is 0.224 e. The van der Waals surface area contributed by atoms with Crippen molar-refractivity contribution in [2.24, 2.45) is 11.8 Å². The minimum atomic E-state index is 0.192. The van der Waals surface area contributed by atoms with Crippen LogP contribution in [0.2, 0.25) is 0 Å². The minimum absolute atomic E-state index is 0.192. The lowest BCUT2D eigenvalue weighted by molar-refractivity contribution is -0.127. The van der Waals surface area contributed by atoms with Crippen LogP contribution in [-0.2, 0) is 11.2 Å². The van der Waals surface area contributed by atoms with Gasteiger partial charge in [-0.2, -0.15) is 0 Å². The predicted octanol–water partition coefficient (Wildman–Crippen LogP) is 3.57. The topological polar surface area (TPSA) is 35.6 Å². The number of rotatable bonds is 8. The molecule has 2 aliphatic rings. The number of likely N-dealkylation sites (tertiary alicyclic amines) is 2. The lowest BCUT2D eigenvalue weighted by atomic mass is 9.93. The van der Waals surface area contributed by atoms with Crippen molar-refractivity contribution in [2.75, 3.05) is 39.3 Å². The summed E-state index contributed by atoms with van der Waals surface area (Å²) in [7, 11) is 0. The van der Waals surface area contributed by atoms with Gasteiger partial charge in [-0.3, -0.25) is 9.69 Å². The van der Waals surface area contributed by atoms with Gasteiger partial charge in [-0.1, -0.05) is 44.2 Å². The summed E-state index contributed by atoms with van der Waals surface area (Å²) in [6.45, 7) is 10.9.